The molecule has 1 unspecified atom stereocenters. The van der Waals surface area contributed by atoms with Crippen LogP contribution in [0.5, 0.6) is 5.75 Å². The highest BCUT2D eigenvalue weighted by Crippen LogP contribution is 2.18. The third-order valence-electron chi connectivity index (χ3n) is 3.14. The number of methoxy groups -OCH3 is 1. The van der Waals surface area contributed by atoms with Gasteiger partial charge in [0.25, 0.3) is 0 Å². The Morgan fingerprint density at radius 2 is 2.10 bits per heavy atom. The summed E-state index contributed by atoms with van der Waals surface area (Å²) in [6.45, 7) is 5.29. The van der Waals surface area contributed by atoms with Crippen molar-refractivity contribution in [3.05, 3.63) is 29.3 Å². The summed E-state index contributed by atoms with van der Waals surface area (Å²) < 4.78 is 5.29. The van der Waals surface area contributed by atoms with Gasteiger partial charge in [-0.1, -0.05) is 19.1 Å². The molecule has 114 valence electrons. The highest BCUT2D eigenvalue weighted by Gasteiger charge is 2.10. The van der Waals surface area contributed by atoms with Crippen LogP contribution in [-0.2, 0) is 11.2 Å². The normalized spacial score (nSPS) is 11.4. The molecule has 0 heterocycles. The van der Waals surface area contributed by atoms with Gasteiger partial charge in [0.15, 0.2) is 0 Å². The average molecular weight is 301 g/mol. The van der Waals surface area contributed by atoms with Gasteiger partial charge >= 0.3 is 0 Å². The predicted molar refractivity (Wildman–Crippen MR) is 84.8 cm³/mol. The molecule has 1 amide bonds. The molecular weight excluding hydrogens is 276 g/mol. The van der Waals surface area contributed by atoms with Gasteiger partial charge in [0, 0.05) is 19.0 Å². The third kappa shape index (κ3) is 5.80. The molecular formula is C15H25ClN2O2. The standard InChI is InChI=1S/C15H24N2O2.ClH/c1-11-5-6-13(9-14(11)19-4)7-8-17-15(18)12(2)10-16-3;/h5-6,9,12,16H,7-8,10H2,1-4H3,(H,17,18);1H. The molecule has 0 aliphatic rings. The van der Waals surface area contributed by atoms with Gasteiger partial charge in [0.05, 0.1) is 7.11 Å². The second-order valence-electron chi connectivity index (χ2n) is 4.80. The van der Waals surface area contributed by atoms with Crippen molar-refractivity contribution < 1.29 is 9.53 Å². The minimum Gasteiger partial charge on any atom is -0.496 e. The number of nitrogens with one attached hydrogen (secondary N) is 2. The molecule has 0 spiro atoms. The van der Waals surface area contributed by atoms with Gasteiger partial charge in [-0.25, -0.2) is 0 Å². The number of carbonyl (C=O) groups excluding carboxylic acids is 1. The Hall–Kier alpha value is -1.26. The zero-order valence-electron chi connectivity index (χ0n) is 12.7. The summed E-state index contributed by atoms with van der Waals surface area (Å²) in [6.07, 6.45) is 0.814. The van der Waals surface area contributed by atoms with E-state index in [9.17, 15) is 4.79 Å². The van der Waals surface area contributed by atoms with Crippen LogP contribution >= 0.6 is 12.4 Å². The van der Waals surface area contributed by atoms with Gasteiger partial charge < -0.3 is 15.4 Å². The van der Waals surface area contributed by atoms with E-state index in [0.717, 1.165) is 17.7 Å². The van der Waals surface area contributed by atoms with Gasteiger partial charge in [0.2, 0.25) is 5.91 Å². The van der Waals surface area contributed by atoms with E-state index in [0.29, 0.717) is 13.1 Å². The highest BCUT2D eigenvalue weighted by molar-refractivity contribution is 5.85. The molecule has 0 bridgehead atoms. The molecule has 0 radical (unpaired) electrons. The number of benzene rings is 1. The van der Waals surface area contributed by atoms with E-state index in [1.807, 2.05) is 33.0 Å². The summed E-state index contributed by atoms with van der Waals surface area (Å²) >= 11 is 0. The number of amides is 1. The van der Waals surface area contributed by atoms with Crippen LogP contribution in [0.1, 0.15) is 18.1 Å². The molecule has 0 aromatic heterocycles. The number of rotatable bonds is 7. The third-order valence-corrected chi connectivity index (χ3v) is 3.14. The first-order valence-corrected chi connectivity index (χ1v) is 6.64. The fraction of sp³-hybridized carbons (Fsp3) is 0.533. The van der Waals surface area contributed by atoms with Crippen LogP contribution in [0.25, 0.3) is 0 Å². The Bertz CT molecular complexity index is 424. The van der Waals surface area contributed by atoms with Crippen LogP contribution in [0.15, 0.2) is 18.2 Å². The quantitative estimate of drug-likeness (QED) is 0.809. The van der Waals surface area contributed by atoms with Crippen LogP contribution in [0.2, 0.25) is 0 Å². The molecule has 0 fully saturated rings. The Balaban J connectivity index is 0.00000361. The van der Waals surface area contributed by atoms with Gasteiger partial charge in [-0.3, -0.25) is 4.79 Å². The molecule has 0 saturated heterocycles. The Labute approximate surface area is 127 Å². The number of hydrogen-bond donors (Lipinski definition) is 2. The van der Waals surface area contributed by atoms with Crippen molar-refractivity contribution in [1.82, 2.24) is 10.6 Å². The maximum absolute atomic E-state index is 11.7. The van der Waals surface area contributed by atoms with Crippen molar-refractivity contribution in [3.8, 4) is 5.75 Å². The Morgan fingerprint density at radius 3 is 2.70 bits per heavy atom. The van der Waals surface area contributed by atoms with E-state index in [1.165, 1.54) is 5.56 Å². The lowest BCUT2D eigenvalue weighted by atomic mass is 10.1. The zero-order chi connectivity index (χ0) is 14.3. The minimum absolute atomic E-state index is 0. The molecule has 0 saturated carbocycles. The lowest BCUT2D eigenvalue weighted by molar-refractivity contribution is -0.124. The van der Waals surface area contributed by atoms with Crippen LogP contribution in [0, 0.1) is 12.8 Å². The molecule has 1 aromatic rings. The van der Waals surface area contributed by atoms with Crippen molar-refractivity contribution in [3.63, 3.8) is 0 Å². The van der Waals surface area contributed by atoms with Gasteiger partial charge in [-0.2, -0.15) is 0 Å². The first kappa shape index (κ1) is 18.7. The maximum Gasteiger partial charge on any atom is 0.224 e. The molecule has 5 heteroatoms. The van der Waals surface area contributed by atoms with Gasteiger partial charge in [-0.05, 0) is 37.6 Å². The largest absolute Gasteiger partial charge is 0.496 e. The van der Waals surface area contributed by atoms with E-state index >= 15 is 0 Å². The van der Waals surface area contributed by atoms with Crippen molar-refractivity contribution in [1.29, 1.82) is 0 Å². The zero-order valence-corrected chi connectivity index (χ0v) is 13.5. The molecule has 0 aliphatic carbocycles. The first-order chi connectivity index (χ1) is 9.08. The predicted octanol–water partition coefficient (Wildman–Crippen LogP) is 1.94. The number of ether oxygens (including phenoxy) is 1. The molecule has 1 aromatic carbocycles. The lowest BCUT2D eigenvalue weighted by Gasteiger charge is -2.12. The van der Waals surface area contributed by atoms with E-state index in [4.69, 9.17) is 4.74 Å². The highest BCUT2D eigenvalue weighted by atomic mass is 35.5. The number of aryl methyl sites for hydroxylation is 1. The summed E-state index contributed by atoms with van der Waals surface area (Å²) in [7, 11) is 3.52. The molecule has 0 aliphatic heterocycles. The fourth-order valence-corrected chi connectivity index (χ4v) is 1.92. The molecule has 20 heavy (non-hydrogen) atoms. The number of halogens is 1. The van der Waals surface area contributed by atoms with Gasteiger partial charge in [0.1, 0.15) is 5.75 Å². The van der Waals surface area contributed by atoms with E-state index in [-0.39, 0.29) is 24.2 Å². The average Bonchev–Trinajstić information content (AvgIpc) is 2.40. The van der Waals surface area contributed by atoms with Crippen molar-refractivity contribution in [2.24, 2.45) is 5.92 Å². The summed E-state index contributed by atoms with van der Waals surface area (Å²) in [5.74, 6) is 0.985. The van der Waals surface area contributed by atoms with E-state index in [1.54, 1.807) is 7.11 Å². The summed E-state index contributed by atoms with van der Waals surface area (Å²) in [5, 5.41) is 5.95. The fourth-order valence-electron chi connectivity index (χ4n) is 1.92. The first-order valence-electron chi connectivity index (χ1n) is 6.64. The second-order valence-corrected chi connectivity index (χ2v) is 4.80. The van der Waals surface area contributed by atoms with Crippen LogP contribution in [0.3, 0.4) is 0 Å². The van der Waals surface area contributed by atoms with E-state index < -0.39 is 0 Å². The van der Waals surface area contributed by atoms with E-state index in [2.05, 4.69) is 16.7 Å². The van der Waals surface area contributed by atoms with Crippen molar-refractivity contribution >= 4 is 18.3 Å². The SMILES string of the molecule is CNCC(C)C(=O)NCCc1ccc(C)c(OC)c1.Cl. The summed E-state index contributed by atoms with van der Waals surface area (Å²) in [5.41, 5.74) is 2.29. The number of carbonyl (C=O) groups is 1. The maximum atomic E-state index is 11.7. The van der Waals surface area contributed by atoms with Gasteiger partial charge in [-0.15, -0.1) is 12.4 Å². The lowest BCUT2D eigenvalue weighted by Crippen LogP contribution is -2.35. The smallest absolute Gasteiger partial charge is 0.224 e. The topological polar surface area (TPSA) is 50.4 Å². The van der Waals surface area contributed by atoms with Crippen LogP contribution in [0.4, 0.5) is 0 Å². The molecule has 2 N–H and O–H groups in total. The monoisotopic (exact) mass is 300 g/mol. The number of hydrogen-bond acceptors (Lipinski definition) is 3. The second kappa shape index (κ2) is 9.61. The summed E-state index contributed by atoms with van der Waals surface area (Å²) in [4.78, 5) is 11.7. The summed E-state index contributed by atoms with van der Waals surface area (Å²) in [6, 6.07) is 6.14. The van der Waals surface area contributed by atoms with Crippen LogP contribution in [-0.4, -0.2) is 33.2 Å². The molecule has 4 nitrogen and oxygen atoms in total. The van der Waals surface area contributed by atoms with Crippen molar-refractivity contribution in [2.75, 3.05) is 27.2 Å². The van der Waals surface area contributed by atoms with Crippen molar-refractivity contribution in [2.45, 2.75) is 20.3 Å². The molecule has 1 atom stereocenters. The molecule has 1 rings (SSSR count). The Kier molecular flexibility index (Phi) is 9.01. The van der Waals surface area contributed by atoms with Crippen LogP contribution < -0.4 is 15.4 Å². The Morgan fingerprint density at radius 1 is 1.40 bits per heavy atom. The minimum atomic E-state index is -0.00226.